The van der Waals surface area contributed by atoms with Gasteiger partial charge in [-0.25, -0.2) is 0 Å². The highest BCUT2D eigenvalue weighted by atomic mass is 16.6. The van der Waals surface area contributed by atoms with Gasteiger partial charge in [0.05, 0.1) is 12.7 Å². The Labute approximate surface area is 119 Å². The molecular weight excluding hydrogens is 240 g/mol. The summed E-state index contributed by atoms with van der Waals surface area (Å²) in [6.45, 7) is 11.2. The summed E-state index contributed by atoms with van der Waals surface area (Å²) in [7, 11) is 0. The first-order valence-corrected chi connectivity index (χ1v) is 8.04. The van der Waals surface area contributed by atoms with Crippen molar-refractivity contribution < 1.29 is 14.2 Å². The van der Waals surface area contributed by atoms with E-state index in [9.17, 15) is 0 Å². The van der Waals surface area contributed by atoms with Gasteiger partial charge in [0.2, 0.25) is 0 Å². The van der Waals surface area contributed by atoms with Crippen molar-refractivity contribution >= 4 is 0 Å². The zero-order chi connectivity index (χ0) is 14.1. The van der Waals surface area contributed by atoms with Crippen LogP contribution in [0, 0.1) is 5.92 Å². The molecule has 3 nitrogen and oxygen atoms in total. The Bertz CT molecular complexity index is 226. The largest absolute Gasteiger partial charge is 0.379 e. The minimum atomic E-state index is -0.263. The summed E-state index contributed by atoms with van der Waals surface area (Å²) in [5, 5.41) is 0. The van der Waals surface area contributed by atoms with Crippen LogP contribution in [-0.4, -0.2) is 38.1 Å². The van der Waals surface area contributed by atoms with Crippen molar-refractivity contribution in [2.45, 2.75) is 71.5 Å². The molecule has 0 N–H and O–H groups in total. The van der Waals surface area contributed by atoms with Crippen LogP contribution in [0.1, 0.15) is 59.8 Å². The van der Waals surface area contributed by atoms with Gasteiger partial charge in [0.25, 0.3) is 0 Å². The van der Waals surface area contributed by atoms with E-state index in [2.05, 4.69) is 20.8 Å². The van der Waals surface area contributed by atoms with E-state index in [1.54, 1.807) is 0 Å². The van der Waals surface area contributed by atoms with E-state index in [0.717, 1.165) is 19.8 Å². The smallest absolute Gasteiger partial charge is 0.120 e. The molecule has 2 atom stereocenters. The summed E-state index contributed by atoms with van der Waals surface area (Å²) in [4.78, 5) is 0. The molecule has 1 rings (SSSR count). The average Bonchev–Trinajstić information content (AvgIpc) is 2.44. The summed E-state index contributed by atoms with van der Waals surface area (Å²) in [5.74, 6) is 0.564. The van der Waals surface area contributed by atoms with Crippen LogP contribution in [0.4, 0.5) is 0 Å². The lowest BCUT2D eigenvalue weighted by Crippen LogP contribution is -2.55. The summed E-state index contributed by atoms with van der Waals surface area (Å²) < 4.78 is 17.9. The predicted octanol–water partition coefficient (Wildman–Crippen LogP) is 3.80. The van der Waals surface area contributed by atoms with Crippen LogP contribution in [0.15, 0.2) is 0 Å². The van der Waals surface area contributed by atoms with E-state index >= 15 is 0 Å². The van der Waals surface area contributed by atoms with Crippen LogP contribution < -0.4 is 0 Å². The van der Waals surface area contributed by atoms with Gasteiger partial charge in [0, 0.05) is 19.8 Å². The maximum Gasteiger partial charge on any atom is 0.120 e. The molecule has 0 aromatic heterocycles. The average molecular weight is 272 g/mol. The number of hydrogen-bond acceptors (Lipinski definition) is 3. The van der Waals surface area contributed by atoms with Crippen LogP contribution in [0.2, 0.25) is 0 Å². The lowest BCUT2D eigenvalue weighted by molar-refractivity contribution is -0.199. The Morgan fingerprint density at radius 2 is 1.68 bits per heavy atom. The highest BCUT2D eigenvalue weighted by molar-refractivity contribution is 4.95. The normalized spacial score (nSPS) is 22.1. The molecule has 0 bridgehead atoms. The van der Waals surface area contributed by atoms with Gasteiger partial charge in [-0.15, -0.1) is 0 Å². The third kappa shape index (κ3) is 4.44. The van der Waals surface area contributed by atoms with Crippen LogP contribution >= 0.6 is 0 Å². The third-order valence-electron chi connectivity index (χ3n) is 4.35. The van der Waals surface area contributed by atoms with Gasteiger partial charge in [-0.05, 0) is 46.5 Å². The summed E-state index contributed by atoms with van der Waals surface area (Å²) >= 11 is 0. The first kappa shape index (κ1) is 16.9. The van der Waals surface area contributed by atoms with E-state index in [1.165, 1.54) is 32.1 Å². The molecule has 1 saturated carbocycles. The van der Waals surface area contributed by atoms with Crippen molar-refractivity contribution in [3.63, 3.8) is 0 Å². The Morgan fingerprint density at radius 1 is 1.00 bits per heavy atom. The highest BCUT2D eigenvalue weighted by Gasteiger charge is 2.45. The molecule has 1 aliphatic carbocycles. The fraction of sp³-hybridized carbons (Fsp3) is 1.00. The first-order chi connectivity index (χ1) is 9.21. The van der Waals surface area contributed by atoms with Crippen LogP contribution in [-0.2, 0) is 14.2 Å². The molecular formula is C16H32O3. The van der Waals surface area contributed by atoms with E-state index in [4.69, 9.17) is 14.2 Å². The fourth-order valence-electron chi connectivity index (χ4n) is 3.36. The second-order valence-electron chi connectivity index (χ2n) is 5.46. The van der Waals surface area contributed by atoms with Gasteiger partial charge >= 0.3 is 0 Å². The van der Waals surface area contributed by atoms with Crippen molar-refractivity contribution in [3.8, 4) is 0 Å². The first-order valence-electron chi connectivity index (χ1n) is 8.04. The molecule has 1 aliphatic rings. The summed E-state index contributed by atoms with van der Waals surface area (Å²) in [6, 6.07) is 0. The van der Waals surface area contributed by atoms with Gasteiger partial charge in [0.15, 0.2) is 0 Å². The van der Waals surface area contributed by atoms with Crippen molar-refractivity contribution in [1.29, 1.82) is 0 Å². The van der Waals surface area contributed by atoms with Gasteiger partial charge < -0.3 is 14.2 Å². The summed E-state index contributed by atoms with van der Waals surface area (Å²) in [6.07, 6.45) is 6.55. The zero-order valence-electron chi connectivity index (χ0n) is 13.2. The van der Waals surface area contributed by atoms with Crippen molar-refractivity contribution in [3.05, 3.63) is 0 Å². The maximum absolute atomic E-state index is 6.24. The zero-order valence-corrected chi connectivity index (χ0v) is 13.2. The topological polar surface area (TPSA) is 27.7 Å². The van der Waals surface area contributed by atoms with Crippen LogP contribution in [0.5, 0.6) is 0 Å². The monoisotopic (exact) mass is 272 g/mol. The van der Waals surface area contributed by atoms with Crippen LogP contribution in [0.25, 0.3) is 0 Å². The standard InChI is InChI=1S/C16H32O3/c1-5-17-13-16(19-7-3,14(4)18-6-2)15-11-9-8-10-12-15/h14-15H,5-13H2,1-4H3. The van der Waals surface area contributed by atoms with E-state index < -0.39 is 0 Å². The predicted molar refractivity (Wildman–Crippen MR) is 78.5 cm³/mol. The highest BCUT2D eigenvalue weighted by Crippen LogP contribution is 2.38. The molecule has 3 heteroatoms. The Hall–Kier alpha value is -0.120. The maximum atomic E-state index is 6.24. The molecule has 19 heavy (non-hydrogen) atoms. The minimum Gasteiger partial charge on any atom is -0.379 e. The Balaban J connectivity index is 2.86. The van der Waals surface area contributed by atoms with Gasteiger partial charge in [-0.2, -0.15) is 0 Å². The van der Waals surface area contributed by atoms with E-state index in [0.29, 0.717) is 12.5 Å². The second kappa shape index (κ2) is 8.93. The lowest BCUT2D eigenvalue weighted by Gasteiger charge is -2.45. The lowest BCUT2D eigenvalue weighted by atomic mass is 9.74. The van der Waals surface area contributed by atoms with E-state index in [-0.39, 0.29) is 11.7 Å². The fourth-order valence-corrected chi connectivity index (χ4v) is 3.36. The molecule has 0 radical (unpaired) electrons. The molecule has 0 aromatic carbocycles. The Morgan fingerprint density at radius 3 is 2.21 bits per heavy atom. The SMILES string of the molecule is CCOCC(OCC)(C1CCCCC1)C(C)OCC. The Kier molecular flexibility index (Phi) is 7.96. The minimum absolute atomic E-state index is 0.0899. The third-order valence-corrected chi connectivity index (χ3v) is 4.35. The molecule has 0 amide bonds. The molecule has 0 heterocycles. The molecule has 1 fully saturated rings. The van der Waals surface area contributed by atoms with Gasteiger partial charge in [0.1, 0.15) is 5.60 Å². The molecule has 0 aliphatic heterocycles. The number of rotatable bonds is 9. The van der Waals surface area contributed by atoms with Crippen molar-refractivity contribution in [2.75, 3.05) is 26.4 Å². The second-order valence-corrected chi connectivity index (χ2v) is 5.46. The molecule has 2 unspecified atom stereocenters. The molecule has 114 valence electrons. The van der Waals surface area contributed by atoms with Gasteiger partial charge in [-0.3, -0.25) is 0 Å². The number of ether oxygens (including phenoxy) is 3. The quantitative estimate of drug-likeness (QED) is 0.639. The molecule has 0 spiro atoms. The number of hydrogen-bond donors (Lipinski definition) is 0. The van der Waals surface area contributed by atoms with Crippen LogP contribution in [0.3, 0.4) is 0 Å². The van der Waals surface area contributed by atoms with Gasteiger partial charge in [-0.1, -0.05) is 19.3 Å². The molecule has 0 aromatic rings. The van der Waals surface area contributed by atoms with Crippen molar-refractivity contribution in [2.24, 2.45) is 5.92 Å². The van der Waals surface area contributed by atoms with Crippen molar-refractivity contribution in [1.82, 2.24) is 0 Å². The molecule has 0 saturated heterocycles. The van der Waals surface area contributed by atoms with E-state index in [1.807, 2.05) is 6.92 Å². The summed E-state index contributed by atoms with van der Waals surface area (Å²) in [5.41, 5.74) is -0.263.